The fourth-order valence-corrected chi connectivity index (χ4v) is 2.53. The summed E-state index contributed by atoms with van der Waals surface area (Å²) >= 11 is 0. The Morgan fingerprint density at radius 2 is 1.65 bits per heavy atom. The Labute approximate surface area is 124 Å². The van der Waals surface area contributed by atoms with Crippen molar-refractivity contribution in [3.05, 3.63) is 11.3 Å². The van der Waals surface area contributed by atoms with Crippen LogP contribution in [0.4, 0.5) is 0 Å². The molecule has 0 aromatic rings. The van der Waals surface area contributed by atoms with E-state index in [1.54, 1.807) is 0 Å². The molecule has 0 unspecified atom stereocenters. The van der Waals surface area contributed by atoms with Gasteiger partial charge in [0.2, 0.25) is 0 Å². The van der Waals surface area contributed by atoms with Gasteiger partial charge in [-0.2, -0.15) is 0 Å². The normalized spacial score (nSPS) is 18.3. The zero-order chi connectivity index (χ0) is 15.7. The number of carbonyl (C=O) groups is 1. The van der Waals surface area contributed by atoms with Gasteiger partial charge in [-0.1, -0.05) is 54.9 Å². The molecular weight excluding hydrogens is 248 g/mol. The summed E-state index contributed by atoms with van der Waals surface area (Å²) in [6, 6.07) is 0. The number of allylic oxidation sites excluding steroid dienone is 1. The van der Waals surface area contributed by atoms with E-state index in [0.29, 0.717) is 6.54 Å². The highest BCUT2D eigenvalue weighted by molar-refractivity contribution is 6.01. The SMILES string of the molecule is CCCC1=NC(C(C)(C)C)=C(C(C)(C)C)C(=O)N(C)C1. The third-order valence-corrected chi connectivity index (χ3v) is 3.49. The minimum Gasteiger partial charge on any atom is -0.336 e. The first kappa shape index (κ1) is 16.9. The first-order valence-electron chi connectivity index (χ1n) is 7.55. The Kier molecular flexibility index (Phi) is 4.83. The van der Waals surface area contributed by atoms with Gasteiger partial charge in [-0.05, 0) is 11.8 Å². The van der Waals surface area contributed by atoms with Crippen LogP contribution in [0.3, 0.4) is 0 Å². The van der Waals surface area contributed by atoms with Crippen molar-refractivity contribution in [1.82, 2.24) is 4.90 Å². The molecule has 0 aromatic heterocycles. The zero-order valence-corrected chi connectivity index (χ0v) is 14.4. The van der Waals surface area contributed by atoms with Crippen LogP contribution in [0.2, 0.25) is 0 Å². The van der Waals surface area contributed by atoms with Crippen LogP contribution in [0.5, 0.6) is 0 Å². The highest BCUT2D eigenvalue weighted by Crippen LogP contribution is 2.39. The number of hydrogen-bond acceptors (Lipinski definition) is 2. The molecule has 1 rings (SSSR count). The molecule has 3 heteroatoms. The van der Waals surface area contributed by atoms with Gasteiger partial charge >= 0.3 is 0 Å². The molecule has 1 aliphatic heterocycles. The predicted molar refractivity (Wildman–Crippen MR) is 85.9 cm³/mol. The van der Waals surface area contributed by atoms with Gasteiger partial charge in [-0.25, -0.2) is 0 Å². The quantitative estimate of drug-likeness (QED) is 0.750. The van der Waals surface area contributed by atoms with Crippen molar-refractivity contribution >= 4 is 11.6 Å². The van der Waals surface area contributed by atoms with E-state index in [0.717, 1.165) is 29.8 Å². The topological polar surface area (TPSA) is 32.7 Å². The summed E-state index contributed by atoms with van der Waals surface area (Å²) < 4.78 is 0. The number of aliphatic imine (C=N–C) groups is 1. The van der Waals surface area contributed by atoms with Gasteiger partial charge in [0.25, 0.3) is 5.91 Å². The summed E-state index contributed by atoms with van der Waals surface area (Å²) in [5.41, 5.74) is 2.62. The summed E-state index contributed by atoms with van der Waals surface area (Å²) in [6.07, 6.45) is 2.01. The Bertz CT molecular complexity index is 445. The third-order valence-electron chi connectivity index (χ3n) is 3.49. The maximum absolute atomic E-state index is 12.8. The molecule has 0 atom stereocenters. The van der Waals surface area contributed by atoms with Crippen LogP contribution >= 0.6 is 0 Å². The molecule has 1 amide bonds. The van der Waals surface area contributed by atoms with E-state index in [-0.39, 0.29) is 16.7 Å². The van der Waals surface area contributed by atoms with Gasteiger partial charge in [-0.15, -0.1) is 0 Å². The molecule has 0 bridgehead atoms. The minimum atomic E-state index is -0.195. The summed E-state index contributed by atoms with van der Waals surface area (Å²) in [4.78, 5) is 19.5. The van der Waals surface area contributed by atoms with Crippen LogP contribution in [0.25, 0.3) is 0 Å². The Morgan fingerprint density at radius 3 is 2.05 bits per heavy atom. The van der Waals surface area contributed by atoms with Crippen LogP contribution in [0.1, 0.15) is 61.3 Å². The zero-order valence-electron chi connectivity index (χ0n) is 14.4. The van der Waals surface area contributed by atoms with Crippen molar-refractivity contribution in [3.63, 3.8) is 0 Å². The molecule has 1 heterocycles. The molecule has 3 nitrogen and oxygen atoms in total. The molecule has 0 aliphatic carbocycles. The largest absolute Gasteiger partial charge is 0.336 e. The molecule has 0 saturated carbocycles. The number of likely N-dealkylation sites (N-methyl/N-ethyl adjacent to an activating group) is 1. The van der Waals surface area contributed by atoms with E-state index in [4.69, 9.17) is 4.99 Å². The van der Waals surface area contributed by atoms with Crippen LogP contribution < -0.4 is 0 Å². The molecule has 1 aliphatic rings. The summed E-state index contributed by atoms with van der Waals surface area (Å²) in [5, 5.41) is 0. The smallest absolute Gasteiger partial charge is 0.252 e. The summed E-state index contributed by atoms with van der Waals surface area (Å²) in [5.74, 6) is 0.122. The Morgan fingerprint density at radius 1 is 1.10 bits per heavy atom. The number of amides is 1. The average molecular weight is 278 g/mol. The van der Waals surface area contributed by atoms with Gasteiger partial charge < -0.3 is 4.90 Å². The lowest BCUT2D eigenvalue weighted by Gasteiger charge is -2.30. The maximum atomic E-state index is 12.8. The lowest BCUT2D eigenvalue weighted by Crippen LogP contribution is -2.35. The lowest BCUT2D eigenvalue weighted by molar-refractivity contribution is -0.126. The highest BCUT2D eigenvalue weighted by atomic mass is 16.2. The molecule has 0 N–H and O–H groups in total. The van der Waals surface area contributed by atoms with Gasteiger partial charge in [0.1, 0.15) is 0 Å². The Hall–Kier alpha value is -1.12. The van der Waals surface area contributed by atoms with Crippen LogP contribution in [0, 0.1) is 10.8 Å². The van der Waals surface area contributed by atoms with Gasteiger partial charge in [0, 0.05) is 23.7 Å². The van der Waals surface area contributed by atoms with Crippen LogP contribution in [-0.2, 0) is 4.79 Å². The van der Waals surface area contributed by atoms with Crippen LogP contribution in [0.15, 0.2) is 16.3 Å². The monoisotopic (exact) mass is 278 g/mol. The summed E-state index contributed by atoms with van der Waals surface area (Å²) in [6.45, 7) is 15.5. The second-order valence-corrected chi connectivity index (χ2v) is 7.81. The van der Waals surface area contributed by atoms with Crippen molar-refractivity contribution < 1.29 is 4.79 Å². The highest BCUT2D eigenvalue weighted by Gasteiger charge is 2.36. The van der Waals surface area contributed by atoms with E-state index in [2.05, 4.69) is 48.5 Å². The summed E-state index contributed by atoms with van der Waals surface area (Å²) in [7, 11) is 1.88. The van der Waals surface area contributed by atoms with Crippen molar-refractivity contribution in [2.45, 2.75) is 61.3 Å². The number of carbonyl (C=O) groups excluding carboxylic acids is 1. The van der Waals surface area contributed by atoms with E-state index in [9.17, 15) is 4.79 Å². The molecule has 0 fully saturated rings. The van der Waals surface area contributed by atoms with Gasteiger partial charge in [0.15, 0.2) is 0 Å². The van der Waals surface area contributed by atoms with Crippen molar-refractivity contribution in [1.29, 1.82) is 0 Å². The average Bonchev–Trinajstić information content (AvgIpc) is 2.36. The number of hydrogen-bond donors (Lipinski definition) is 0. The fraction of sp³-hybridized carbons (Fsp3) is 0.765. The van der Waals surface area contributed by atoms with E-state index in [1.165, 1.54) is 0 Å². The molecular formula is C17H30N2O. The molecule has 20 heavy (non-hydrogen) atoms. The first-order valence-corrected chi connectivity index (χ1v) is 7.55. The third kappa shape index (κ3) is 3.71. The van der Waals surface area contributed by atoms with Gasteiger partial charge in [0.05, 0.1) is 12.2 Å². The second-order valence-electron chi connectivity index (χ2n) is 7.81. The van der Waals surface area contributed by atoms with Crippen molar-refractivity contribution in [3.8, 4) is 0 Å². The predicted octanol–water partition coefficient (Wildman–Crippen LogP) is 4.05. The fourth-order valence-electron chi connectivity index (χ4n) is 2.53. The van der Waals surface area contributed by atoms with Crippen molar-refractivity contribution in [2.24, 2.45) is 15.8 Å². The molecule has 0 spiro atoms. The minimum absolute atomic E-state index is 0.122. The van der Waals surface area contributed by atoms with Crippen LogP contribution in [-0.4, -0.2) is 30.1 Å². The molecule has 0 saturated heterocycles. The number of nitrogens with zero attached hydrogens (tertiary/aromatic N) is 2. The lowest BCUT2D eigenvalue weighted by atomic mass is 9.78. The molecule has 0 aromatic carbocycles. The Balaban J connectivity index is 3.55. The van der Waals surface area contributed by atoms with E-state index in [1.807, 2.05) is 11.9 Å². The molecule has 114 valence electrons. The van der Waals surface area contributed by atoms with E-state index >= 15 is 0 Å². The maximum Gasteiger partial charge on any atom is 0.252 e. The van der Waals surface area contributed by atoms with E-state index < -0.39 is 0 Å². The van der Waals surface area contributed by atoms with Crippen molar-refractivity contribution in [2.75, 3.05) is 13.6 Å². The molecule has 0 radical (unpaired) electrons. The standard InChI is InChI=1S/C17H30N2O/c1-9-10-12-11-19(8)15(20)13(16(2,3)4)14(18-12)17(5,6)7/h9-11H2,1-8H3. The first-order chi connectivity index (χ1) is 8.98. The van der Waals surface area contributed by atoms with Gasteiger partial charge in [-0.3, -0.25) is 9.79 Å². The second kappa shape index (κ2) is 5.71. The number of rotatable bonds is 2.